The molecule has 0 radical (unpaired) electrons. The largest absolute Gasteiger partial charge is 0.451 e. The summed E-state index contributed by atoms with van der Waals surface area (Å²) in [7, 11) is 0. The molecule has 1 unspecified atom stereocenters. The fourth-order valence-corrected chi connectivity index (χ4v) is 4.59. The van der Waals surface area contributed by atoms with Crippen molar-refractivity contribution in [2.24, 2.45) is 0 Å². The van der Waals surface area contributed by atoms with Crippen molar-refractivity contribution in [1.82, 2.24) is 10.2 Å². The fourth-order valence-electron chi connectivity index (χ4n) is 4.59. The summed E-state index contributed by atoms with van der Waals surface area (Å²) < 4.78 is 5.84. The van der Waals surface area contributed by atoms with Crippen LogP contribution in [0.3, 0.4) is 0 Å². The third-order valence-corrected chi connectivity index (χ3v) is 6.84. The smallest absolute Gasteiger partial charge is 0.287 e. The topological polar surface area (TPSA) is 62.6 Å². The summed E-state index contributed by atoms with van der Waals surface area (Å²) in [6, 6.07) is 13.8. The first-order valence-electron chi connectivity index (χ1n) is 12.0. The van der Waals surface area contributed by atoms with Crippen molar-refractivity contribution in [3.63, 3.8) is 0 Å². The Hall–Kier alpha value is -2.92. The number of rotatable bonds is 6. The molecule has 2 heterocycles. The number of benzene rings is 2. The maximum Gasteiger partial charge on any atom is 0.287 e. The summed E-state index contributed by atoms with van der Waals surface area (Å²) in [5.41, 5.74) is 4.82. The number of carbonyl (C=O) groups excluding carboxylic acids is 1. The third kappa shape index (κ3) is 5.19. The summed E-state index contributed by atoms with van der Waals surface area (Å²) in [6.45, 7) is 10.8. The molecule has 0 saturated carbocycles. The minimum absolute atomic E-state index is 0.0586. The van der Waals surface area contributed by atoms with Gasteiger partial charge in [0.2, 0.25) is 0 Å². The average Bonchev–Trinajstić information content (AvgIpc) is 2.81. The monoisotopic (exact) mass is 446 g/mol. The molecule has 2 aromatic carbocycles. The third-order valence-electron chi connectivity index (χ3n) is 6.84. The minimum Gasteiger partial charge on any atom is -0.451 e. The van der Waals surface area contributed by atoms with Gasteiger partial charge in [-0.3, -0.25) is 14.5 Å². The van der Waals surface area contributed by atoms with Gasteiger partial charge in [0.05, 0.1) is 11.4 Å². The maximum absolute atomic E-state index is 13.0. The molecule has 1 aliphatic heterocycles. The average molecular weight is 447 g/mol. The number of nitrogens with zero attached hydrogens (tertiary/aromatic N) is 1. The van der Waals surface area contributed by atoms with Crippen LogP contribution in [-0.4, -0.2) is 30.4 Å². The molecule has 1 aliphatic rings. The number of aryl methyl sites for hydroxylation is 2. The van der Waals surface area contributed by atoms with E-state index >= 15 is 0 Å². The summed E-state index contributed by atoms with van der Waals surface area (Å²) in [5, 5.41) is 3.54. The number of piperidine rings is 1. The number of likely N-dealkylation sites (tertiary alicyclic amines) is 1. The first-order valence-corrected chi connectivity index (χ1v) is 12.0. The van der Waals surface area contributed by atoms with Gasteiger partial charge in [-0.05, 0) is 80.1 Å². The Bertz CT molecular complexity index is 1190. The minimum atomic E-state index is -0.354. The highest BCUT2D eigenvalue weighted by atomic mass is 16.3. The quantitative estimate of drug-likeness (QED) is 0.544. The lowest BCUT2D eigenvalue weighted by atomic mass is 9.97. The van der Waals surface area contributed by atoms with E-state index in [9.17, 15) is 9.59 Å². The van der Waals surface area contributed by atoms with E-state index in [2.05, 4.69) is 48.3 Å². The van der Waals surface area contributed by atoms with E-state index in [1.54, 1.807) is 0 Å². The van der Waals surface area contributed by atoms with Crippen LogP contribution in [0.2, 0.25) is 0 Å². The zero-order valence-corrected chi connectivity index (χ0v) is 20.1. The number of nitrogens with one attached hydrogen (secondary N) is 1. The van der Waals surface area contributed by atoms with Crippen molar-refractivity contribution in [2.75, 3.05) is 19.6 Å². The van der Waals surface area contributed by atoms with Crippen LogP contribution in [0.4, 0.5) is 0 Å². The second-order valence-electron chi connectivity index (χ2n) is 9.55. The van der Waals surface area contributed by atoms with E-state index < -0.39 is 0 Å². The van der Waals surface area contributed by atoms with E-state index in [4.69, 9.17) is 4.42 Å². The molecule has 1 amide bonds. The van der Waals surface area contributed by atoms with Gasteiger partial charge in [-0.1, -0.05) is 44.5 Å². The molecular formula is C28H34N2O3. The van der Waals surface area contributed by atoms with Gasteiger partial charge in [-0.15, -0.1) is 0 Å². The molecule has 1 N–H and O–H groups in total. The van der Waals surface area contributed by atoms with Gasteiger partial charge in [0.1, 0.15) is 5.58 Å². The SMILES string of the molecule is Cc1cc2oc(C(=O)NCC(c3ccc(C(C)C)cc3)N3CCCCC3)cc(=O)c2cc1C. The number of fused-ring (bicyclic) bond motifs is 1. The first kappa shape index (κ1) is 23.2. The molecule has 3 aromatic rings. The Balaban J connectivity index is 1.56. The predicted octanol–water partition coefficient (Wildman–Crippen LogP) is 5.49. The lowest BCUT2D eigenvalue weighted by Crippen LogP contribution is -2.40. The van der Waals surface area contributed by atoms with Gasteiger partial charge in [0.25, 0.3) is 5.91 Å². The molecule has 174 valence electrons. The Labute approximate surface area is 195 Å². The Morgan fingerprint density at radius 1 is 0.970 bits per heavy atom. The Kier molecular flexibility index (Phi) is 6.99. The van der Waals surface area contributed by atoms with Crippen LogP contribution in [0.15, 0.2) is 51.7 Å². The van der Waals surface area contributed by atoms with E-state index in [-0.39, 0.29) is 23.1 Å². The molecule has 0 spiro atoms. The fraction of sp³-hybridized carbons (Fsp3) is 0.429. The van der Waals surface area contributed by atoms with Crippen LogP contribution in [0.5, 0.6) is 0 Å². The molecule has 1 fully saturated rings. The number of hydrogen-bond donors (Lipinski definition) is 1. The number of amides is 1. The lowest BCUT2D eigenvalue weighted by molar-refractivity contribution is 0.0897. The first-order chi connectivity index (χ1) is 15.8. The van der Waals surface area contributed by atoms with Crippen LogP contribution >= 0.6 is 0 Å². The summed E-state index contributed by atoms with van der Waals surface area (Å²) in [5.74, 6) is 0.187. The van der Waals surface area contributed by atoms with Crippen LogP contribution in [-0.2, 0) is 0 Å². The second kappa shape index (κ2) is 9.92. The zero-order valence-electron chi connectivity index (χ0n) is 20.1. The van der Waals surface area contributed by atoms with Crippen molar-refractivity contribution < 1.29 is 9.21 Å². The predicted molar refractivity (Wildman–Crippen MR) is 133 cm³/mol. The van der Waals surface area contributed by atoms with Crippen molar-refractivity contribution in [3.05, 3.63) is 80.7 Å². The summed E-state index contributed by atoms with van der Waals surface area (Å²) >= 11 is 0. The van der Waals surface area contributed by atoms with Gasteiger partial charge in [-0.2, -0.15) is 0 Å². The molecule has 1 saturated heterocycles. The summed E-state index contributed by atoms with van der Waals surface area (Å²) in [4.78, 5) is 28.1. The summed E-state index contributed by atoms with van der Waals surface area (Å²) in [6.07, 6.45) is 3.60. The van der Waals surface area contributed by atoms with Gasteiger partial charge in [0.15, 0.2) is 11.2 Å². The molecule has 4 rings (SSSR count). The van der Waals surface area contributed by atoms with E-state index in [1.807, 2.05) is 26.0 Å². The standard InChI is InChI=1S/C28H34N2O3/c1-18(2)21-8-10-22(11-9-21)24(30-12-6-5-7-13-30)17-29-28(32)27-16-25(31)23-14-19(3)20(4)15-26(23)33-27/h8-11,14-16,18,24H,5-7,12-13,17H2,1-4H3,(H,29,32). The van der Waals surface area contributed by atoms with E-state index in [1.165, 1.54) is 36.5 Å². The second-order valence-corrected chi connectivity index (χ2v) is 9.55. The van der Waals surface area contributed by atoms with Gasteiger partial charge < -0.3 is 9.73 Å². The highest BCUT2D eigenvalue weighted by molar-refractivity contribution is 5.93. The van der Waals surface area contributed by atoms with Crippen LogP contribution < -0.4 is 10.7 Å². The van der Waals surface area contributed by atoms with Crippen molar-refractivity contribution in [1.29, 1.82) is 0 Å². The van der Waals surface area contributed by atoms with E-state index in [0.29, 0.717) is 23.4 Å². The molecule has 0 bridgehead atoms. The molecule has 5 heteroatoms. The molecule has 33 heavy (non-hydrogen) atoms. The van der Waals surface area contributed by atoms with Crippen LogP contribution in [0.1, 0.15) is 77.9 Å². The Morgan fingerprint density at radius 2 is 1.61 bits per heavy atom. The van der Waals surface area contributed by atoms with Crippen molar-refractivity contribution in [3.8, 4) is 0 Å². The number of hydrogen-bond acceptors (Lipinski definition) is 4. The van der Waals surface area contributed by atoms with Gasteiger partial charge in [0, 0.05) is 12.6 Å². The van der Waals surface area contributed by atoms with Crippen molar-refractivity contribution in [2.45, 2.75) is 58.9 Å². The lowest BCUT2D eigenvalue weighted by Gasteiger charge is -2.35. The normalized spacial score (nSPS) is 15.7. The highest BCUT2D eigenvalue weighted by Crippen LogP contribution is 2.26. The Morgan fingerprint density at radius 3 is 2.27 bits per heavy atom. The molecule has 0 aliphatic carbocycles. The molecule has 5 nitrogen and oxygen atoms in total. The van der Waals surface area contributed by atoms with Crippen LogP contribution in [0, 0.1) is 13.8 Å². The molecule has 1 aromatic heterocycles. The van der Waals surface area contributed by atoms with Gasteiger partial charge >= 0.3 is 0 Å². The maximum atomic E-state index is 13.0. The number of carbonyl (C=O) groups is 1. The molecular weight excluding hydrogens is 412 g/mol. The van der Waals surface area contributed by atoms with Crippen LogP contribution in [0.25, 0.3) is 11.0 Å². The van der Waals surface area contributed by atoms with Gasteiger partial charge in [-0.25, -0.2) is 0 Å². The van der Waals surface area contributed by atoms with Crippen molar-refractivity contribution >= 4 is 16.9 Å². The zero-order chi connectivity index (χ0) is 23.5. The molecule has 1 atom stereocenters. The highest BCUT2D eigenvalue weighted by Gasteiger charge is 2.24. The van der Waals surface area contributed by atoms with E-state index in [0.717, 1.165) is 24.2 Å².